The van der Waals surface area contributed by atoms with Gasteiger partial charge in [0.15, 0.2) is 12.0 Å². The van der Waals surface area contributed by atoms with E-state index in [4.69, 9.17) is 21.1 Å². The highest BCUT2D eigenvalue weighted by Crippen LogP contribution is 2.24. The van der Waals surface area contributed by atoms with Gasteiger partial charge < -0.3 is 9.47 Å². The van der Waals surface area contributed by atoms with Crippen LogP contribution in [0.1, 0.15) is 35.4 Å². The van der Waals surface area contributed by atoms with Crippen molar-refractivity contribution >= 4 is 32.8 Å². The third kappa shape index (κ3) is 3.80. The van der Waals surface area contributed by atoms with Crippen LogP contribution in [0, 0.1) is 0 Å². The maximum atomic E-state index is 11.4. The predicted octanol–water partition coefficient (Wildman–Crippen LogP) is 2.46. The van der Waals surface area contributed by atoms with Crippen LogP contribution in [0.15, 0.2) is 10.8 Å². The van der Waals surface area contributed by atoms with E-state index in [-0.39, 0.29) is 23.2 Å². The molecule has 10 heteroatoms. The van der Waals surface area contributed by atoms with Crippen LogP contribution in [-0.2, 0) is 23.1 Å². The van der Waals surface area contributed by atoms with Gasteiger partial charge in [-0.3, -0.25) is 4.79 Å². The fourth-order valence-electron chi connectivity index (χ4n) is 2.37. The number of nitrogens with zero attached hydrogens (tertiary/aromatic N) is 5. The van der Waals surface area contributed by atoms with Crippen LogP contribution in [0.2, 0.25) is 0 Å². The van der Waals surface area contributed by atoms with E-state index in [1.54, 1.807) is 11.7 Å². The van der Waals surface area contributed by atoms with Crippen LogP contribution in [0.4, 0.5) is 0 Å². The molecule has 3 heterocycles. The molecule has 2 aromatic heterocycles. The number of rotatable bonds is 5. The molecule has 0 aliphatic carbocycles. The van der Waals surface area contributed by atoms with E-state index in [1.165, 1.54) is 6.20 Å². The van der Waals surface area contributed by atoms with Crippen molar-refractivity contribution in [3.63, 3.8) is 0 Å². The molecule has 3 rings (SSSR count). The van der Waals surface area contributed by atoms with Gasteiger partial charge in [-0.05, 0) is 46.8 Å². The van der Waals surface area contributed by atoms with E-state index in [2.05, 4.69) is 36.2 Å². The van der Waals surface area contributed by atoms with E-state index in [0.29, 0.717) is 23.7 Å². The normalized spacial score (nSPS) is 17.9. The zero-order valence-corrected chi connectivity index (χ0v) is 15.2. The Kier molecular flexibility index (Phi) is 5.54. The zero-order valence-electron chi connectivity index (χ0n) is 12.9. The summed E-state index contributed by atoms with van der Waals surface area (Å²) in [4.78, 5) is 19.7. The van der Waals surface area contributed by atoms with Crippen LogP contribution in [0.25, 0.3) is 11.4 Å². The summed E-state index contributed by atoms with van der Waals surface area (Å²) in [5.74, 6) is 0. The lowest BCUT2D eigenvalue weighted by molar-refractivity contribution is -0.169. The van der Waals surface area contributed by atoms with Gasteiger partial charge in [-0.15, -0.1) is 5.10 Å². The molecule has 1 fully saturated rings. The van der Waals surface area contributed by atoms with E-state index in [9.17, 15) is 4.79 Å². The Bertz CT molecular complexity index is 748. The summed E-state index contributed by atoms with van der Waals surface area (Å²) in [7, 11) is 1.76. The van der Waals surface area contributed by atoms with Gasteiger partial charge in [0.1, 0.15) is 16.0 Å². The van der Waals surface area contributed by atoms with Crippen LogP contribution in [0.5, 0.6) is 0 Å². The molecule has 0 aromatic carbocycles. The summed E-state index contributed by atoms with van der Waals surface area (Å²) < 4.78 is 13.2. The van der Waals surface area contributed by atoms with Gasteiger partial charge in [0.05, 0.1) is 18.5 Å². The molecule has 1 unspecified atom stereocenters. The van der Waals surface area contributed by atoms with Crippen molar-refractivity contribution in [3.05, 3.63) is 22.2 Å². The van der Waals surface area contributed by atoms with Crippen molar-refractivity contribution in [2.24, 2.45) is 7.05 Å². The first-order chi connectivity index (χ1) is 11.6. The molecule has 24 heavy (non-hydrogen) atoms. The fourth-order valence-corrected chi connectivity index (χ4v) is 2.98. The van der Waals surface area contributed by atoms with Crippen molar-refractivity contribution in [3.8, 4) is 11.4 Å². The van der Waals surface area contributed by atoms with Gasteiger partial charge in [0.2, 0.25) is 0 Å². The van der Waals surface area contributed by atoms with Crippen LogP contribution in [0.3, 0.4) is 0 Å². The van der Waals surface area contributed by atoms with Crippen molar-refractivity contribution in [2.45, 2.75) is 32.2 Å². The molecule has 0 saturated carbocycles. The molecule has 1 aliphatic heterocycles. The number of ether oxygens (including phenoxy) is 2. The molecule has 8 nitrogen and oxygen atoms in total. The lowest BCUT2D eigenvalue weighted by atomic mass is 10.2. The number of hydrogen-bond acceptors (Lipinski definition) is 7. The Hall–Kier alpha value is -1.42. The number of carbonyl (C=O) groups excluding carboxylic acids is 1. The lowest BCUT2D eigenvalue weighted by Gasteiger charge is -2.22. The van der Waals surface area contributed by atoms with Crippen LogP contribution in [-0.4, -0.2) is 43.1 Å². The summed E-state index contributed by atoms with van der Waals surface area (Å²) in [5.41, 5.74) is 1.64. The molecule has 0 amide bonds. The summed E-state index contributed by atoms with van der Waals surface area (Å²) >= 11 is 8.67. The third-order valence-corrected chi connectivity index (χ3v) is 4.40. The molecule has 0 N–H and O–H groups in total. The molecular formula is C14H15BrClN5O3. The largest absolute Gasteiger partial charge is 0.353 e. The van der Waals surface area contributed by atoms with E-state index in [1.807, 2.05) is 0 Å². The Morgan fingerprint density at radius 3 is 3.08 bits per heavy atom. The lowest BCUT2D eigenvalue weighted by Crippen LogP contribution is -2.22. The first-order valence-corrected chi connectivity index (χ1v) is 8.58. The fraction of sp³-hybridized carbons (Fsp3) is 0.500. The van der Waals surface area contributed by atoms with Gasteiger partial charge in [-0.2, -0.15) is 0 Å². The summed E-state index contributed by atoms with van der Waals surface area (Å²) in [6, 6.07) is 0. The smallest absolute Gasteiger partial charge is 0.273 e. The summed E-state index contributed by atoms with van der Waals surface area (Å²) in [6.07, 6.45) is 4.28. The summed E-state index contributed by atoms with van der Waals surface area (Å²) in [6.45, 7) is 0.978. The number of aryl methyl sites for hydroxylation is 1. The SMILES string of the molecule is Cn1nnc(-c2cnc(Br)c(C(=O)Cl)n2)c1COC1CCCCO1. The molecular weight excluding hydrogens is 402 g/mol. The van der Waals surface area contributed by atoms with Gasteiger partial charge in [0, 0.05) is 13.7 Å². The van der Waals surface area contributed by atoms with E-state index >= 15 is 0 Å². The minimum absolute atomic E-state index is 0.0299. The maximum Gasteiger partial charge on any atom is 0.273 e. The second kappa shape index (κ2) is 7.64. The van der Waals surface area contributed by atoms with Crippen molar-refractivity contribution < 1.29 is 14.3 Å². The van der Waals surface area contributed by atoms with Crippen molar-refractivity contribution in [1.82, 2.24) is 25.0 Å². The number of aromatic nitrogens is 5. The molecule has 1 atom stereocenters. The number of hydrogen-bond donors (Lipinski definition) is 0. The van der Waals surface area contributed by atoms with Gasteiger partial charge in [-0.1, -0.05) is 5.21 Å². The van der Waals surface area contributed by atoms with E-state index in [0.717, 1.165) is 19.3 Å². The predicted molar refractivity (Wildman–Crippen MR) is 88.3 cm³/mol. The number of carbonyl (C=O) groups is 1. The second-order valence-corrected chi connectivity index (χ2v) is 6.38. The molecule has 2 aromatic rings. The standard InChI is InChI=1S/C14H15BrClN5O3/c1-21-9(7-24-10-4-2-3-5-23-10)11(19-20-21)8-6-17-13(15)12(18-8)14(16)22/h6,10H,2-5,7H2,1H3. The van der Waals surface area contributed by atoms with Crippen molar-refractivity contribution in [1.29, 1.82) is 0 Å². The average molecular weight is 417 g/mol. The highest BCUT2D eigenvalue weighted by Gasteiger charge is 2.21. The first kappa shape index (κ1) is 17.4. The Morgan fingerprint density at radius 1 is 1.54 bits per heavy atom. The molecule has 1 saturated heterocycles. The number of halogens is 2. The highest BCUT2D eigenvalue weighted by atomic mass is 79.9. The minimum Gasteiger partial charge on any atom is -0.353 e. The monoisotopic (exact) mass is 415 g/mol. The van der Waals surface area contributed by atoms with Gasteiger partial charge in [0.25, 0.3) is 5.24 Å². The van der Waals surface area contributed by atoms with E-state index < -0.39 is 5.24 Å². The molecule has 0 radical (unpaired) electrons. The minimum atomic E-state index is -0.700. The Labute approximate surface area is 151 Å². The first-order valence-electron chi connectivity index (χ1n) is 7.40. The quantitative estimate of drug-likeness (QED) is 0.691. The topological polar surface area (TPSA) is 92.0 Å². The average Bonchev–Trinajstić information content (AvgIpc) is 2.95. The maximum absolute atomic E-state index is 11.4. The van der Waals surface area contributed by atoms with Crippen LogP contribution < -0.4 is 0 Å². The summed E-state index contributed by atoms with van der Waals surface area (Å²) in [5, 5.41) is 7.40. The molecule has 1 aliphatic rings. The van der Waals surface area contributed by atoms with Crippen molar-refractivity contribution in [2.75, 3.05) is 6.61 Å². The third-order valence-electron chi connectivity index (χ3n) is 3.64. The van der Waals surface area contributed by atoms with Gasteiger partial charge in [-0.25, -0.2) is 14.6 Å². The van der Waals surface area contributed by atoms with Gasteiger partial charge >= 0.3 is 0 Å². The molecule has 0 spiro atoms. The Balaban J connectivity index is 1.84. The molecule has 128 valence electrons. The van der Waals surface area contributed by atoms with Crippen LogP contribution >= 0.6 is 27.5 Å². The zero-order chi connectivity index (χ0) is 17.1. The molecule has 0 bridgehead atoms. The Morgan fingerprint density at radius 2 is 2.38 bits per heavy atom. The highest BCUT2D eigenvalue weighted by molar-refractivity contribution is 9.10. The second-order valence-electron chi connectivity index (χ2n) is 5.28.